The molecule has 1 aromatic heterocycles. The third kappa shape index (κ3) is 5.84. The lowest BCUT2D eigenvalue weighted by molar-refractivity contribution is -0.123. The lowest BCUT2D eigenvalue weighted by Gasteiger charge is -2.37. The normalized spacial score (nSPS) is 15.8. The van der Waals surface area contributed by atoms with Crippen LogP contribution in [-0.2, 0) is 17.9 Å². The third-order valence-electron chi connectivity index (χ3n) is 5.09. The maximum absolute atomic E-state index is 13.7. The second-order valence-electron chi connectivity index (χ2n) is 7.17. The van der Waals surface area contributed by atoms with Crippen LogP contribution < -0.4 is 5.32 Å². The second-order valence-corrected chi connectivity index (χ2v) is 7.17. The number of aromatic nitrogens is 1. The van der Waals surface area contributed by atoms with E-state index < -0.39 is 0 Å². The van der Waals surface area contributed by atoms with Crippen LogP contribution in [-0.4, -0.2) is 53.4 Å². The molecule has 5 nitrogen and oxygen atoms in total. The minimum atomic E-state index is -0.291. The Balaban J connectivity index is 1.61. The van der Waals surface area contributed by atoms with Crippen LogP contribution in [0.4, 0.5) is 4.39 Å². The molecule has 1 aliphatic heterocycles. The molecule has 1 amide bonds. The Hall–Kier alpha value is -2.31. The first kappa shape index (κ1) is 19.5. The van der Waals surface area contributed by atoms with Gasteiger partial charge in [0.2, 0.25) is 5.91 Å². The summed E-state index contributed by atoms with van der Waals surface area (Å²) in [6.07, 6.45) is 5.68. The minimum Gasteiger partial charge on any atom is -0.351 e. The number of halogens is 1. The summed E-state index contributed by atoms with van der Waals surface area (Å²) in [5.41, 5.74) is 1.60. The van der Waals surface area contributed by atoms with Crippen LogP contribution in [0, 0.1) is 5.82 Å². The van der Waals surface area contributed by atoms with Crippen molar-refractivity contribution in [1.82, 2.24) is 20.1 Å². The highest BCUT2D eigenvalue weighted by molar-refractivity contribution is 5.78. The highest BCUT2D eigenvalue weighted by Gasteiger charge is 2.25. The second kappa shape index (κ2) is 9.58. The average molecular weight is 370 g/mol. The van der Waals surface area contributed by atoms with Crippen molar-refractivity contribution in [3.63, 3.8) is 0 Å². The Labute approximate surface area is 160 Å². The molecule has 0 radical (unpaired) electrons. The number of hydrogen-bond acceptors (Lipinski definition) is 4. The van der Waals surface area contributed by atoms with E-state index in [0.29, 0.717) is 24.7 Å². The molecule has 0 spiro atoms. The number of rotatable bonds is 7. The SMILES string of the molecule is CN1CCC(N(CC(=O)NCc2ccccc2F)Cc2cccnc2)CC1. The smallest absolute Gasteiger partial charge is 0.234 e. The van der Waals surface area contributed by atoms with Crippen LogP contribution in [0.5, 0.6) is 0 Å². The molecule has 0 atom stereocenters. The maximum atomic E-state index is 13.7. The van der Waals surface area contributed by atoms with Gasteiger partial charge in [-0.3, -0.25) is 14.7 Å². The van der Waals surface area contributed by atoms with Gasteiger partial charge in [-0.25, -0.2) is 4.39 Å². The van der Waals surface area contributed by atoms with Crippen LogP contribution in [0.3, 0.4) is 0 Å². The fraction of sp³-hybridized carbons (Fsp3) is 0.429. The molecule has 0 saturated carbocycles. The van der Waals surface area contributed by atoms with Crippen molar-refractivity contribution < 1.29 is 9.18 Å². The van der Waals surface area contributed by atoms with Crippen LogP contribution in [0.2, 0.25) is 0 Å². The summed E-state index contributed by atoms with van der Waals surface area (Å²) in [5, 5.41) is 2.86. The number of hydrogen-bond donors (Lipinski definition) is 1. The van der Waals surface area contributed by atoms with Gasteiger partial charge in [0.15, 0.2) is 0 Å². The number of piperidine rings is 1. The van der Waals surface area contributed by atoms with Gasteiger partial charge in [0.25, 0.3) is 0 Å². The van der Waals surface area contributed by atoms with Gasteiger partial charge in [-0.1, -0.05) is 24.3 Å². The van der Waals surface area contributed by atoms with Gasteiger partial charge in [-0.05, 0) is 50.7 Å². The van der Waals surface area contributed by atoms with Gasteiger partial charge in [-0.15, -0.1) is 0 Å². The van der Waals surface area contributed by atoms with Crippen LogP contribution >= 0.6 is 0 Å². The number of pyridine rings is 1. The van der Waals surface area contributed by atoms with E-state index in [1.54, 1.807) is 24.4 Å². The van der Waals surface area contributed by atoms with Gasteiger partial charge in [0.1, 0.15) is 5.82 Å². The number of nitrogens with zero attached hydrogens (tertiary/aromatic N) is 3. The van der Waals surface area contributed by atoms with Crippen molar-refractivity contribution in [2.24, 2.45) is 0 Å². The first-order chi connectivity index (χ1) is 13.1. The summed E-state index contributed by atoms with van der Waals surface area (Å²) >= 11 is 0. The molecule has 1 N–H and O–H groups in total. The zero-order valence-corrected chi connectivity index (χ0v) is 15.8. The number of amides is 1. The Morgan fingerprint density at radius 3 is 2.74 bits per heavy atom. The van der Waals surface area contributed by atoms with E-state index in [-0.39, 0.29) is 18.3 Å². The van der Waals surface area contributed by atoms with Crippen LogP contribution in [0.1, 0.15) is 24.0 Å². The monoisotopic (exact) mass is 370 g/mol. The van der Waals surface area contributed by atoms with Crippen molar-refractivity contribution in [3.8, 4) is 0 Å². The Kier molecular flexibility index (Phi) is 6.90. The molecule has 2 aromatic rings. The molecule has 0 aliphatic carbocycles. The lowest BCUT2D eigenvalue weighted by Crippen LogP contribution is -2.47. The molecule has 0 unspecified atom stereocenters. The standard InChI is InChI=1S/C21H27FN4O/c1-25-11-8-19(9-12-25)26(15-17-5-4-10-23-13-17)16-21(27)24-14-18-6-2-3-7-20(18)22/h2-7,10,13,19H,8-9,11-12,14-16H2,1H3,(H,24,27). The van der Waals surface area contributed by atoms with Crippen molar-refractivity contribution in [1.29, 1.82) is 0 Å². The van der Waals surface area contributed by atoms with E-state index in [2.05, 4.69) is 27.1 Å². The number of likely N-dealkylation sites (tertiary alicyclic amines) is 1. The predicted octanol–water partition coefficient (Wildman–Crippen LogP) is 2.43. The van der Waals surface area contributed by atoms with Crippen LogP contribution in [0.15, 0.2) is 48.8 Å². The van der Waals surface area contributed by atoms with Crippen molar-refractivity contribution in [2.75, 3.05) is 26.7 Å². The topological polar surface area (TPSA) is 48.5 Å². The first-order valence-electron chi connectivity index (χ1n) is 9.43. The van der Waals surface area contributed by atoms with E-state index in [1.165, 1.54) is 6.07 Å². The number of carbonyl (C=O) groups is 1. The molecular formula is C21H27FN4O. The molecule has 3 rings (SSSR count). The molecular weight excluding hydrogens is 343 g/mol. The zero-order valence-electron chi connectivity index (χ0n) is 15.8. The number of carbonyl (C=O) groups excluding carboxylic acids is 1. The highest BCUT2D eigenvalue weighted by Crippen LogP contribution is 2.18. The quantitative estimate of drug-likeness (QED) is 0.813. The zero-order chi connectivity index (χ0) is 19.1. The molecule has 27 heavy (non-hydrogen) atoms. The summed E-state index contributed by atoms with van der Waals surface area (Å²) in [4.78, 5) is 21.3. The van der Waals surface area contributed by atoms with E-state index in [4.69, 9.17) is 0 Å². The molecule has 1 saturated heterocycles. The van der Waals surface area contributed by atoms with Gasteiger partial charge in [0, 0.05) is 37.1 Å². The lowest BCUT2D eigenvalue weighted by atomic mass is 10.0. The molecule has 1 aliphatic rings. The highest BCUT2D eigenvalue weighted by atomic mass is 19.1. The maximum Gasteiger partial charge on any atom is 0.234 e. The summed E-state index contributed by atoms with van der Waals surface area (Å²) < 4.78 is 13.7. The molecule has 6 heteroatoms. The van der Waals surface area contributed by atoms with Crippen molar-refractivity contribution in [3.05, 3.63) is 65.7 Å². The first-order valence-corrected chi connectivity index (χ1v) is 9.43. The number of benzene rings is 1. The largest absolute Gasteiger partial charge is 0.351 e. The van der Waals surface area contributed by atoms with Gasteiger partial charge in [-0.2, -0.15) is 0 Å². The van der Waals surface area contributed by atoms with Crippen LogP contribution in [0.25, 0.3) is 0 Å². The molecule has 1 fully saturated rings. The average Bonchev–Trinajstić information content (AvgIpc) is 2.68. The van der Waals surface area contributed by atoms with Crippen molar-refractivity contribution in [2.45, 2.75) is 32.0 Å². The van der Waals surface area contributed by atoms with E-state index in [0.717, 1.165) is 31.5 Å². The van der Waals surface area contributed by atoms with Gasteiger partial charge >= 0.3 is 0 Å². The molecule has 1 aromatic carbocycles. The third-order valence-corrected chi connectivity index (χ3v) is 5.09. The summed E-state index contributed by atoms with van der Waals surface area (Å²) in [7, 11) is 2.13. The number of nitrogens with one attached hydrogen (secondary N) is 1. The Bertz CT molecular complexity index is 732. The summed E-state index contributed by atoms with van der Waals surface area (Å²) in [6, 6.07) is 10.8. The van der Waals surface area contributed by atoms with Gasteiger partial charge in [0.05, 0.1) is 6.54 Å². The fourth-order valence-corrected chi connectivity index (χ4v) is 3.48. The molecule has 2 heterocycles. The minimum absolute atomic E-state index is 0.0823. The van der Waals surface area contributed by atoms with E-state index in [9.17, 15) is 9.18 Å². The molecule has 0 bridgehead atoms. The fourth-order valence-electron chi connectivity index (χ4n) is 3.48. The summed E-state index contributed by atoms with van der Waals surface area (Å²) in [6.45, 7) is 3.27. The van der Waals surface area contributed by atoms with E-state index >= 15 is 0 Å². The summed E-state index contributed by atoms with van der Waals surface area (Å²) in [5.74, 6) is -0.374. The Morgan fingerprint density at radius 2 is 2.04 bits per heavy atom. The molecule has 144 valence electrons. The van der Waals surface area contributed by atoms with Crippen molar-refractivity contribution >= 4 is 5.91 Å². The Morgan fingerprint density at radius 1 is 1.26 bits per heavy atom. The predicted molar refractivity (Wildman–Crippen MR) is 103 cm³/mol. The van der Waals surface area contributed by atoms with E-state index in [1.807, 2.05) is 18.3 Å². The van der Waals surface area contributed by atoms with Gasteiger partial charge < -0.3 is 10.2 Å².